The van der Waals surface area contributed by atoms with Crippen LogP contribution in [0.5, 0.6) is 0 Å². The van der Waals surface area contributed by atoms with E-state index >= 15 is 0 Å². The minimum atomic E-state index is -4.85. The van der Waals surface area contributed by atoms with E-state index in [1.807, 2.05) is 0 Å². The molecule has 0 heterocycles. The molecule has 4 nitrogen and oxygen atoms in total. The molecule has 1 unspecified atom stereocenters. The van der Waals surface area contributed by atoms with Gasteiger partial charge in [0.15, 0.2) is 0 Å². The van der Waals surface area contributed by atoms with Crippen LogP contribution in [0.4, 0.5) is 13.2 Å². The van der Waals surface area contributed by atoms with E-state index in [4.69, 9.17) is 11.6 Å². The molecule has 0 bridgehead atoms. The molecular weight excluding hydrogens is 407 g/mol. The van der Waals surface area contributed by atoms with Crippen LogP contribution in [0.15, 0.2) is 36.4 Å². The minimum absolute atomic E-state index is 0.125. The maximum Gasteiger partial charge on any atom is 0.418 e. The van der Waals surface area contributed by atoms with Crippen molar-refractivity contribution in [3.8, 4) is 11.1 Å². The normalized spacial score (nSPS) is 12.5. The second-order valence-electron chi connectivity index (χ2n) is 6.63. The van der Waals surface area contributed by atoms with Crippen LogP contribution >= 0.6 is 11.6 Å². The molecule has 0 fully saturated rings. The van der Waals surface area contributed by atoms with E-state index in [0.29, 0.717) is 11.1 Å². The third kappa shape index (κ3) is 4.90. The van der Waals surface area contributed by atoms with Crippen molar-refractivity contribution in [1.82, 2.24) is 4.90 Å². The fourth-order valence-electron chi connectivity index (χ4n) is 3.28. The minimum Gasteiger partial charge on any atom is -0.481 e. The number of rotatable bonds is 6. The first-order chi connectivity index (χ1) is 13.5. The molecule has 0 aliphatic carbocycles. The van der Waals surface area contributed by atoms with Crippen molar-refractivity contribution in [2.24, 2.45) is 0 Å². The van der Waals surface area contributed by atoms with E-state index in [1.54, 1.807) is 37.3 Å². The van der Waals surface area contributed by atoms with Gasteiger partial charge in [-0.25, -0.2) is 0 Å². The second kappa shape index (κ2) is 8.86. The third-order valence-corrected chi connectivity index (χ3v) is 5.08. The summed E-state index contributed by atoms with van der Waals surface area (Å²) in [6, 6.07) is 9.77. The van der Waals surface area contributed by atoms with Crippen LogP contribution in [0.3, 0.4) is 0 Å². The molecule has 0 spiro atoms. The Balaban J connectivity index is 2.95. The number of nitrogens with zero attached hydrogens (tertiary/aromatic N) is 1. The van der Waals surface area contributed by atoms with Gasteiger partial charge in [-0.05, 0) is 42.2 Å². The lowest BCUT2D eigenvalue weighted by molar-refractivity contribution is -0.141. The van der Waals surface area contributed by atoms with E-state index in [1.165, 1.54) is 24.8 Å². The monoisotopic (exact) mass is 427 g/mol. The summed E-state index contributed by atoms with van der Waals surface area (Å²) in [5.74, 6) is -3.22. The average Bonchev–Trinajstić information content (AvgIpc) is 2.64. The number of aliphatic carboxylic acids is 1. The molecule has 2 aromatic carbocycles. The summed E-state index contributed by atoms with van der Waals surface area (Å²) in [5.41, 5.74) is -0.526. The zero-order valence-electron chi connectivity index (χ0n) is 16.2. The Labute approximate surface area is 171 Å². The molecule has 2 rings (SSSR count). The largest absolute Gasteiger partial charge is 0.481 e. The molecule has 1 atom stereocenters. The quantitative estimate of drug-likeness (QED) is 0.654. The van der Waals surface area contributed by atoms with Gasteiger partial charge in [0.1, 0.15) is 0 Å². The molecule has 0 aromatic heterocycles. The standard InChI is InChI=1S/C21H21ClF3NO3/c1-4-26(13(3)27)11-16-15(14-8-6-5-7-9-14)10-17(22)19(21(23,24)25)18(16)12(2)20(28)29/h5-10,12H,4,11H2,1-3H3,(H,28,29). The van der Waals surface area contributed by atoms with E-state index in [2.05, 4.69) is 0 Å². The molecule has 1 N–H and O–H groups in total. The lowest BCUT2D eigenvalue weighted by Crippen LogP contribution is -2.30. The molecule has 2 aromatic rings. The first-order valence-corrected chi connectivity index (χ1v) is 9.33. The summed E-state index contributed by atoms with van der Waals surface area (Å²) in [4.78, 5) is 25.0. The lowest BCUT2D eigenvalue weighted by Gasteiger charge is -2.28. The molecular formula is C21H21ClF3NO3. The van der Waals surface area contributed by atoms with Crippen molar-refractivity contribution < 1.29 is 27.9 Å². The van der Waals surface area contributed by atoms with Crippen molar-refractivity contribution in [2.45, 2.75) is 39.4 Å². The van der Waals surface area contributed by atoms with Gasteiger partial charge in [-0.2, -0.15) is 13.2 Å². The lowest BCUT2D eigenvalue weighted by atomic mass is 9.85. The highest BCUT2D eigenvalue weighted by Gasteiger charge is 2.41. The third-order valence-electron chi connectivity index (χ3n) is 4.78. The van der Waals surface area contributed by atoms with Crippen molar-refractivity contribution in [3.05, 3.63) is 58.1 Å². The number of amides is 1. The molecule has 0 saturated heterocycles. The fraction of sp³-hybridized carbons (Fsp3) is 0.333. The van der Waals surface area contributed by atoms with Crippen molar-refractivity contribution in [3.63, 3.8) is 0 Å². The van der Waals surface area contributed by atoms with Gasteiger partial charge in [-0.1, -0.05) is 41.9 Å². The van der Waals surface area contributed by atoms with Crippen molar-refractivity contribution in [1.29, 1.82) is 0 Å². The molecule has 156 valence electrons. The summed E-state index contributed by atoms with van der Waals surface area (Å²) >= 11 is 6.03. The second-order valence-corrected chi connectivity index (χ2v) is 7.04. The SMILES string of the molecule is CCN(Cc1c(-c2ccccc2)cc(Cl)c(C(F)(F)F)c1C(C)C(=O)O)C(C)=O. The topological polar surface area (TPSA) is 57.6 Å². The maximum atomic E-state index is 13.9. The summed E-state index contributed by atoms with van der Waals surface area (Å²) in [6.07, 6.45) is -4.85. The molecule has 29 heavy (non-hydrogen) atoms. The molecule has 0 aliphatic heterocycles. The van der Waals surface area contributed by atoms with Crippen molar-refractivity contribution in [2.75, 3.05) is 6.54 Å². The van der Waals surface area contributed by atoms with E-state index < -0.39 is 34.2 Å². The van der Waals surface area contributed by atoms with Crippen LogP contribution < -0.4 is 0 Å². The molecule has 0 aliphatic rings. The summed E-state index contributed by atoms with van der Waals surface area (Å²) in [7, 11) is 0. The smallest absolute Gasteiger partial charge is 0.418 e. The van der Waals surface area contributed by atoms with E-state index in [0.717, 1.165) is 0 Å². The van der Waals surface area contributed by atoms with Gasteiger partial charge in [-0.3, -0.25) is 9.59 Å². The fourth-order valence-corrected chi connectivity index (χ4v) is 3.60. The van der Waals surface area contributed by atoms with Crippen LogP contribution in [0.1, 0.15) is 43.4 Å². The first-order valence-electron chi connectivity index (χ1n) is 8.95. The molecule has 8 heteroatoms. The van der Waals surface area contributed by atoms with Gasteiger partial charge in [0.2, 0.25) is 5.91 Å². The van der Waals surface area contributed by atoms with Gasteiger partial charge >= 0.3 is 12.1 Å². The Morgan fingerprint density at radius 1 is 1.21 bits per heavy atom. The zero-order chi connectivity index (χ0) is 21.9. The number of benzene rings is 2. The van der Waals surface area contributed by atoms with Crippen molar-refractivity contribution >= 4 is 23.5 Å². The van der Waals surface area contributed by atoms with Gasteiger partial charge in [0.25, 0.3) is 0 Å². The summed E-state index contributed by atoms with van der Waals surface area (Å²) in [6.45, 7) is 4.29. The predicted octanol–water partition coefficient (Wildman–Crippen LogP) is 5.58. The van der Waals surface area contributed by atoms with Crippen LogP contribution in [-0.4, -0.2) is 28.4 Å². The summed E-state index contributed by atoms with van der Waals surface area (Å²) < 4.78 is 41.6. The number of carboxylic acids is 1. The first kappa shape index (κ1) is 22.7. The van der Waals surface area contributed by atoms with Crippen LogP contribution in [0.2, 0.25) is 5.02 Å². The number of hydrogen-bond acceptors (Lipinski definition) is 2. The van der Waals surface area contributed by atoms with Gasteiger partial charge < -0.3 is 10.0 Å². The molecule has 1 amide bonds. The van der Waals surface area contributed by atoms with Crippen LogP contribution in [0, 0.1) is 0 Å². The van der Waals surface area contributed by atoms with E-state index in [9.17, 15) is 27.9 Å². The Morgan fingerprint density at radius 3 is 2.24 bits per heavy atom. The Hall–Kier alpha value is -2.54. The van der Waals surface area contributed by atoms with Gasteiger partial charge in [0.05, 0.1) is 16.5 Å². The predicted molar refractivity (Wildman–Crippen MR) is 105 cm³/mol. The summed E-state index contributed by atoms with van der Waals surface area (Å²) in [5, 5.41) is 8.94. The van der Waals surface area contributed by atoms with Gasteiger partial charge in [-0.15, -0.1) is 0 Å². The highest BCUT2D eigenvalue weighted by atomic mass is 35.5. The van der Waals surface area contributed by atoms with E-state index in [-0.39, 0.29) is 24.6 Å². The van der Waals surface area contributed by atoms with Crippen LogP contribution in [0.25, 0.3) is 11.1 Å². The highest BCUT2D eigenvalue weighted by Crippen LogP contribution is 2.45. The highest BCUT2D eigenvalue weighted by molar-refractivity contribution is 6.32. The number of halogens is 4. The Morgan fingerprint density at radius 2 is 1.79 bits per heavy atom. The number of carboxylic acid groups (broad SMARTS) is 1. The number of alkyl halides is 3. The average molecular weight is 428 g/mol. The van der Waals surface area contributed by atoms with Crippen LogP contribution in [-0.2, 0) is 22.3 Å². The molecule has 0 radical (unpaired) electrons. The zero-order valence-corrected chi connectivity index (χ0v) is 16.9. The number of carbonyl (C=O) groups excluding carboxylic acids is 1. The number of hydrogen-bond donors (Lipinski definition) is 1. The van der Waals surface area contributed by atoms with Gasteiger partial charge in [0, 0.05) is 20.0 Å². The molecule has 0 saturated carbocycles. The Bertz CT molecular complexity index is 914. The maximum absolute atomic E-state index is 13.9. The Kier molecular flexibility index (Phi) is 6.95. The number of carbonyl (C=O) groups is 2.